The Labute approximate surface area is 118 Å². The van der Waals surface area contributed by atoms with Crippen LogP contribution in [-0.4, -0.2) is 24.7 Å². The number of fused-ring (bicyclic) bond motifs is 1. The molecule has 0 saturated carbocycles. The van der Waals surface area contributed by atoms with E-state index in [4.69, 9.17) is 21.7 Å². The minimum atomic E-state index is 0.312. The molecule has 0 fully saturated rings. The van der Waals surface area contributed by atoms with Gasteiger partial charge in [-0.15, -0.1) is 0 Å². The second-order valence-electron chi connectivity index (χ2n) is 4.01. The molecule has 0 unspecified atom stereocenters. The molecular formula is C13H17N3O2S. The van der Waals surface area contributed by atoms with Gasteiger partial charge in [0.25, 0.3) is 0 Å². The maximum atomic E-state index is 5.33. The van der Waals surface area contributed by atoms with Gasteiger partial charge in [-0.25, -0.2) is 0 Å². The smallest absolute Gasteiger partial charge is 0.231 e. The van der Waals surface area contributed by atoms with Gasteiger partial charge in [0, 0.05) is 12.8 Å². The Kier molecular flexibility index (Phi) is 4.97. The summed E-state index contributed by atoms with van der Waals surface area (Å²) in [6, 6.07) is 5.98. The largest absolute Gasteiger partial charge is 0.454 e. The molecule has 0 atom stereocenters. The minimum absolute atomic E-state index is 0.312. The lowest BCUT2D eigenvalue weighted by molar-refractivity contribution is 0.174. The van der Waals surface area contributed by atoms with Gasteiger partial charge in [0.1, 0.15) is 0 Å². The van der Waals surface area contributed by atoms with Crippen molar-refractivity contribution in [2.75, 3.05) is 13.3 Å². The molecule has 102 valence electrons. The van der Waals surface area contributed by atoms with Crippen molar-refractivity contribution in [1.82, 2.24) is 10.7 Å². The fourth-order valence-corrected chi connectivity index (χ4v) is 1.89. The number of hydrazone groups is 1. The van der Waals surface area contributed by atoms with Crippen molar-refractivity contribution >= 4 is 23.5 Å². The van der Waals surface area contributed by atoms with Crippen LogP contribution in [0.4, 0.5) is 0 Å². The second-order valence-corrected chi connectivity index (χ2v) is 4.42. The fraction of sp³-hybridized carbons (Fsp3) is 0.385. The predicted molar refractivity (Wildman–Crippen MR) is 78.8 cm³/mol. The van der Waals surface area contributed by atoms with Gasteiger partial charge in [-0.05, 0) is 49.7 Å². The summed E-state index contributed by atoms with van der Waals surface area (Å²) in [4.78, 5) is 0. The molecule has 0 saturated heterocycles. The summed E-state index contributed by atoms with van der Waals surface area (Å²) in [5.74, 6) is 1.64. The van der Waals surface area contributed by atoms with Crippen LogP contribution in [0.25, 0.3) is 0 Å². The van der Waals surface area contributed by atoms with Gasteiger partial charge < -0.3 is 14.8 Å². The summed E-state index contributed by atoms with van der Waals surface area (Å²) in [5, 5.41) is 7.54. The lowest BCUT2D eigenvalue weighted by atomic mass is 10.1. The van der Waals surface area contributed by atoms with E-state index in [1.807, 2.05) is 31.3 Å². The van der Waals surface area contributed by atoms with Crippen LogP contribution in [0, 0.1) is 0 Å². The second kappa shape index (κ2) is 6.94. The first kappa shape index (κ1) is 13.6. The summed E-state index contributed by atoms with van der Waals surface area (Å²) in [6.07, 6.45) is 3.55. The number of aryl methyl sites for hydroxylation is 1. The molecule has 1 aliphatic heterocycles. The first-order valence-corrected chi connectivity index (χ1v) is 6.64. The Morgan fingerprint density at radius 1 is 1.42 bits per heavy atom. The van der Waals surface area contributed by atoms with E-state index in [0.29, 0.717) is 11.9 Å². The number of rotatable bonds is 5. The summed E-state index contributed by atoms with van der Waals surface area (Å²) in [7, 11) is 0. The Morgan fingerprint density at radius 2 is 2.26 bits per heavy atom. The van der Waals surface area contributed by atoms with E-state index in [1.54, 1.807) is 0 Å². The van der Waals surface area contributed by atoms with E-state index >= 15 is 0 Å². The molecular weight excluding hydrogens is 262 g/mol. The molecule has 0 aromatic heterocycles. The van der Waals surface area contributed by atoms with Crippen LogP contribution < -0.4 is 20.2 Å². The zero-order valence-electron chi connectivity index (χ0n) is 10.8. The highest BCUT2D eigenvalue weighted by Crippen LogP contribution is 2.32. The third-order valence-corrected chi connectivity index (χ3v) is 2.83. The van der Waals surface area contributed by atoms with E-state index in [0.717, 1.165) is 30.9 Å². The maximum absolute atomic E-state index is 5.33. The van der Waals surface area contributed by atoms with Crippen molar-refractivity contribution in [3.8, 4) is 11.5 Å². The van der Waals surface area contributed by atoms with Gasteiger partial charge in [0.2, 0.25) is 6.79 Å². The quantitative estimate of drug-likeness (QED) is 0.489. The molecule has 1 aliphatic rings. The standard InChI is InChI=1S/C13H17N3O2S/c1-2-14-13(19)16-15-7-3-4-10-5-6-11-12(8-10)18-9-17-11/h5-8H,2-4,9H2,1H3,(H2,14,16,19)/b15-7+. The summed E-state index contributed by atoms with van der Waals surface area (Å²) in [5.41, 5.74) is 3.96. The molecule has 2 N–H and O–H groups in total. The van der Waals surface area contributed by atoms with E-state index in [9.17, 15) is 0 Å². The van der Waals surface area contributed by atoms with Crippen LogP contribution >= 0.6 is 12.2 Å². The zero-order chi connectivity index (χ0) is 13.5. The Bertz CT molecular complexity index is 477. The highest BCUT2D eigenvalue weighted by molar-refractivity contribution is 7.80. The SMILES string of the molecule is CCNC(=S)N/N=C/CCc1ccc2c(c1)OCO2. The zero-order valence-corrected chi connectivity index (χ0v) is 11.6. The number of hydrogen-bond acceptors (Lipinski definition) is 4. The third kappa shape index (κ3) is 4.10. The lowest BCUT2D eigenvalue weighted by Crippen LogP contribution is -2.31. The van der Waals surface area contributed by atoms with Gasteiger partial charge in [-0.3, -0.25) is 5.43 Å². The maximum Gasteiger partial charge on any atom is 0.231 e. The van der Waals surface area contributed by atoms with Gasteiger partial charge in [-0.2, -0.15) is 5.10 Å². The van der Waals surface area contributed by atoms with Crippen LogP contribution in [-0.2, 0) is 6.42 Å². The van der Waals surface area contributed by atoms with Gasteiger partial charge >= 0.3 is 0 Å². The number of thiocarbonyl (C=S) groups is 1. The molecule has 0 radical (unpaired) electrons. The number of nitrogens with zero attached hydrogens (tertiary/aromatic N) is 1. The number of ether oxygens (including phenoxy) is 2. The molecule has 1 heterocycles. The third-order valence-electron chi connectivity index (χ3n) is 2.59. The van der Waals surface area contributed by atoms with E-state index < -0.39 is 0 Å². The van der Waals surface area contributed by atoms with Crippen LogP contribution in [0.15, 0.2) is 23.3 Å². The predicted octanol–water partition coefficient (Wildman–Crippen LogP) is 1.82. The van der Waals surface area contributed by atoms with Gasteiger partial charge in [0.05, 0.1) is 0 Å². The monoisotopic (exact) mass is 279 g/mol. The number of benzene rings is 1. The average Bonchev–Trinajstić information content (AvgIpc) is 2.86. The topological polar surface area (TPSA) is 54.9 Å². The molecule has 0 amide bonds. The van der Waals surface area contributed by atoms with Crippen LogP contribution in [0.3, 0.4) is 0 Å². The number of hydrogen-bond donors (Lipinski definition) is 2. The molecule has 0 spiro atoms. The fourth-order valence-electron chi connectivity index (χ4n) is 1.70. The van der Waals surface area contributed by atoms with Crippen molar-refractivity contribution in [1.29, 1.82) is 0 Å². The van der Waals surface area contributed by atoms with Crippen LogP contribution in [0.2, 0.25) is 0 Å². The molecule has 5 nitrogen and oxygen atoms in total. The van der Waals surface area contributed by atoms with Crippen molar-refractivity contribution in [2.24, 2.45) is 5.10 Å². The van der Waals surface area contributed by atoms with Crippen molar-refractivity contribution in [2.45, 2.75) is 19.8 Å². The first-order valence-electron chi connectivity index (χ1n) is 6.23. The van der Waals surface area contributed by atoms with E-state index in [-0.39, 0.29) is 0 Å². The summed E-state index contributed by atoms with van der Waals surface area (Å²) in [6.45, 7) is 3.09. The average molecular weight is 279 g/mol. The summed E-state index contributed by atoms with van der Waals surface area (Å²) < 4.78 is 10.6. The first-order chi connectivity index (χ1) is 9.29. The number of nitrogens with one attached hydrogen (secondary N) is 2. The highest BCUT2D eigenvalue weighted by atomic mass is 32.1. The minimum Gasteiger partial charge on any atom is -0.454 e. The van der Waals surface area contributed by atoms with Crippen LogP contribution in [0.1, 0.15) is 18.9 Å². The highest BCUT2D eigenvalue weighted by Gasteiger charge is 2.12. The molecule has 1 aromatic rings. The molecule has 0 bridgehead atoms. The molecule has 1 aromatic carbocycles. The van der Waals surface area contributed by atoms with Gasteiger partial charge in [0.15, 0.2) is 16.6 Å². The molecule has 2 rings (SSSR count). The van der Waals surface area contributed by atoms with E-state index in [2.05, 4.69) is 15.8 Å². The van der Waals surface area contributed by atoms with Gasteiger partial charge in [-0.1, -0.05) is 6.07 Å². The van der Waals surface area contributed by atoms with Crippen molar-refractivity contribution in [3.05, 3.63) is 23.8 Å². The van der Waals surface area contributed by atoms with Crippen molar-refractivity contribution < 1.29 is 9.47 Å². The normalized spacial score (nSPS) is 12.7. The molecule has 0 aliphatic carbocycles. The Hall–Kier alpha value is -1.82. The molecule has 6 heteroatoms. The van der Waals surface area contributed by atoms with E-state index in [1.165, 1.54) is 5.56 Å². The Balaban J connectivity index is 1.74. The van der Waals surface area contributed by atoms with Crippen molar-refractivity contribution in [3.63, 3.8) is 0 Å². The summed E-state index contributed by atoms with van der Waals surface area (Å²) >= 11 is 4.98. The lowest BCUT2D eigenvalue weighted by Gasteiger charge is -2.03. The molecule has 19 heavy (non-hydrogen) atoms. The Morgan fingerprint density at radius 3 is 3.11 bits per heavy atom. The van der Waals surface area contributed by atoms with Crippen LogP contribution in [0.5, 0.6) is 11.5 Å².